The van der Waals surface area contributed by atoms with E-state index in [1.807, 2.05) is 24.3 Å². The van der Waals surface area contributed by atoms with Crippen LogP contribution < -0.4 is 0 Å². The molecule has 1 spiro atoms. The molecule has 1 saturated carbocycles. The molecule has 2 aromatic rings. The van der Waals surface area contributed by atoms with E-state index >= 15 is 0 Å². The number of fused-ring (bicyclic) bond motifs is 1. The third-order valence-corrected chi connectivity index (χ3v) is 5.88. The molecule has 3 aliphatic rings. The molecule has 2 aliphatic carbocycles. The Bertz CT molecular complexity index is 780. The van der Waals surface area contributed by atoms with Crippen LogP contribution in [0.15, 0.2) is 72.8 Å². The summed E-state index contributed by atoms with van der Waals surface area (Å²) in [5.74, 6) is 0.480. The number of allylic oxidation sites excluding steroid dienone is 2. The highest BCUT2D eigenvalue weighted by Gasteiger charge is 2.88. The van der Waals surface area contributed by atoms with Crippen LogP contribution in [0.25, 0.3) is 0 Å². The minimum Gasteiger partial charge on any atom is -0.464 e. The number of benzene rings is 2. The molecule has 1 saturated heterocycles. The number of carbonyl (C=O) groups excluding carboxylic acids is 1. The smallest absolute Gasteiger partial charge is 0.317 e. The van der Waals surface area contributed by atoms with E-state index in [2.05, 4.69) is 48.6 Å². The maximum atomic E-state index is 12.7. The Morgan fingerprint density at radius 2 is 1.59 bits per heavy atom. The van der Waals surface area contributed by atoms with Gasteiger partial charge in [0.15, 0.2) is 0 Å². The molecule has 1 aliphatic heterocycles. The van der Waals surface area contributed by atoms with Crippen LogP contribution in [0.5, 0.6) is 0 Å². The van der Waals surface area contributed by atoms with E-state index < -0.39 is 5.41 Å². The lowest BCUT2D eigenvalue weighted by atomic mass is 9.77. The molecule has 22 heavy (non-hydrogen) atoms. The van der Waals surface area contributed by atoms with E-state index in [0.29, 0.717) is 6.61 Å². The lowest BCUT2D eigenvalue weighted by Crippen LogP contribution is -2.26. The van der Waals surface area contributed by atoms with Crippen LogP contribution in [0.3, 0.4) is 0 Å². The van der Waals surface area contributed by atoms with Crippen molar-refractivity contribution in [3.8, 4) is 0 Å². The van der Waals surface area contributed by atoms with E-state index in [1.165, 1.54) is 5.56 Å². The first kappa shape index (κ1) is 12.2. The van der Waals surface area contributed by atoms with E-state index in [0.717, 1.165) is 5.56 Å². The highest BCUT2D eigenvalue weighted by atomic mass is 16.5. The van der Waals surface area contributed by atoms with Crippen molar-refractivity contribution in [2.45, 2.75) is 11.3 Å². The molecular formula is C20H16O2. The second kappa shape index (κ2) is 3.89. The fourth-order valence-electron chi connectivity index (χ4n) is 4.98. The van der Waals surface area contributed by atoms with Gasteiger partial charge in [-0.3, -0.25) is 4.79 Å². The second-order valence-corrected chi connectivity index (χ2v) is 6.54. The van der Waals surface area contributed by atoms with Gasteiger partial charge >= 0.3 is 5.97 Å². The molecule has 2 heteroatoms. The minimum absolute atomic E-state index is 0.0472. The van der Waals surface area contributed by atoms with Gasteiger partial charge in [0.1, 0.15) is 5.41 Å². The molecule has 2 aromatic carbocycles. The Kier molecular flexibility index (Phi) is 2.16. The topological polar surface area (TPSA) is 26.3 Å². The Hall–Kier alpha value is -2.35. The molecule has 108 valence electrons. The van der Waals surface area contributed by atoms with Crippen molar-refractivity contribution < 1.29 is 9.53 Å². The summed E-state index contributed by atoms with van der Waals surface area (Å²) in [5.41, 5.74) is 1.79. The van der Waals surface area contributed by atoms with Crippen LogP contribution in [-0.4, -0.2) is 12.6 Å². The van der Waals surface area contributed by atoms with E-state index in [1.54, 1.807) is 0 Å². The Balaban J connectivity index is 1.69. The van der Waals surface area contributed by atoms with Crippen LogP contribution in [-0.2, 0) is 14.9 Å². The summed E-state index contributed by atoms with van der Waals surface area (Å²) in [4.78, 5) is 12.7. The number of esters is 1. The van der Waals surface area contributed by atoms with Gasteiger partial charge in [-0.15, -0.1) is 0 Å². The summed E-state index contributed by atoms with van der Waals surface area (Å²) in [5, 5.41) is 0. The summed E-state index contributed by atoms with van der Waals surface area (Å²) in [6.07, 6.45) is 4.51. The molecule has 0 radical (unpaired) electrons. The third-order valence-electron chi connectivity index (χ3n) is 5.88. The quantitative estimate of drug-likeness (QED) is 0.625. The summed E-state index contributed by atoms with van der Waals surface area (Å²) >= 11 is 0. The summed E-state index contributed by atoms with van der Waals surface area (Å²) < 4.78 is 5.55. The largest absolute Gasteiger partial charge is 0.464 e. The first-order chi connectivity index (χ1) is 10.8. The SMILES string of the molecule is O=C1OC[C@@]23[C@@H](C=C[C@H]2c2ccccc2)[C@]13c1ccccc1. The number of hydrogen-bond acceptors (Lipinski definition) is 2. The van der Waals surface area contributed by atoms with Crippen molar-refractivity contribution >= 4 is 5.97 Å². The molecule has 2 fully saturated rings. The standard InChI is InChI=1S/C20H16O2/c21-18-20(15-9-5-2-6-10-15)17-12-11-16(19(17,20)13-22-18)14-7-3-1-4-8-14/h1-12,16-17H,13H2/t16-,17+,19-,20+/m0/s1. The molecule has 0 bridgehead atoms. The van der Waals surface area contributed by atoms with Gasteiger partial charge in [0.05, 0.1) is 6.61 Å². The average molecular weight is 288 g/mol. The van der Waals surface area contributed by atoms with E-state index in [4.69, 9.17) is 4.74 Å². The molecule has 2 nitrogen and oxygen atoms in total. The molecule has 4 atom stereocenters. The van der Waals surface area contributed by atoms with Gasteiger partial charge in [-0.05, 0) is 11.1 Å². The maximum Gasteiger partial charge on any atom is 0.317 e. The number of cyclic esters (lactones) is 1. The molecule has 0 unspecified atom stereocenters. The highest BCUT2D eigenvalue weighted by Crippen LogP contribution is 2.81. The molecule has 1 heterocycles. The van der Waals surface area contributed by atoms with Gasteiger partial charge in [-0.1, -0.05) is 72.8 Å². The fourth-order valence-corrected chi connectivity index (χ4v) is 4.98. The number of rotatable bonds is 2. The van der Waals surface area contributed by atoms with E-state index in [-0.39, 0.29) is 23.2 Å². The second-order valence-electron chi connectivity index (χ2n) is 6.54. The van der Waals surface area contributed by atoms with Crippen LogP contribution >= 0.6 is 0 Å². The van der Waals surface area contributed by atoms with E-state index in [9.17, 15) is 4.79 Å². The monoisotopic (exact) mass is 288 g/mol. The zero-order valence-electron chi connectivity index (χ0n) is 12.1. The number of carbonyl (C=O) groups is 1. The zero-order valence-corrected chi connectivity index (χ0v) is 12.1. The Morgan fingerprint density at radius 1 is 0.909 bits per heavy atom. The van der Waals surface area contributed by atoms with Crippen molar-refractivity contribution in [1.82, 2.24) is 0 Å². The zero-order chi connectivity index (χ0) is 14.8. The van der Waals surface area contributed by atoms with Gasteiger partial charge in [0, 0.05) is 17.3 Å². The fraction of sp³-hybridized carbons (Fsp3) is 0.250. The Morgan fingerprint density at radius 3 is 2.32 bits per heavy atom. The predicted molar refractivity (Wildman–Crippen MR) is 83.3 cm³/mol. The highest BCUT2D eigenvalue weighted by molar-refractivity contribution is 5.94. The molecule has 0 amide bonds. The summed E-state index contributed by atoms with van der Waals surface area (Å²) in [6, 6.07) is 20.6. The van der Waals surface area contributed by atoms with Gasteiger partial charge in [0.2, 0.25) is 0 Å². The van der Waals surface area contributed by atoms with Gasteiger partial charge in [0.25, 0.3) is 0 Å². The first-order valence-electron chi connectivity index (χ1n) is 7.78. The molecule has 0 N–H and O–H groups in total. The van der Waals surface area contributed by atoms with Crippen LogP contribution in [0.2, 0.25) is 0 Å². The van der Waals surface area contributed by atoms with Crippen LogP contribution in [0, 0.1) is 11.3 Å². The lowest BCUT2D eigenvalue weighted by Gasteiger charge is -2.22. The van der Waals surface area contributed by atoms with Crippen molar-refractivity contribution in [2.24, 2.45) is 11.3 Å². The Labute approximate surface area is 129 Å². The summed E-state index contributed by atoms with van der Waals surface area (Å²) in [7, 11) is 0. The lowest BCUT2D eigenvalue weighted by molar-refractivity contribution is -0.142. The minimum atomic E-state index is -0.469. The average Bonchev–Trinajstić information content (AvgIpc) is 2.83. The van der Waals surface area contributed by atoms with Crippen LogP contribution in [0.4, 0.5) is 0 Å². The normalized spacial score (nSPS) is 37.5. The maximum absolute atomic E-state index is 12.7. The summed E-state index contributed by atoms with van der Waals surface area (Å²) in [6.45, 7) is 0.526. The molecule has 5 rings (SSSR count). The van der Waals surface area contributed by atoms with Crippen LogP contribution in [0.1, 0.15) is 17.0 Å². The molecule has 0 aromatic heterocycles. The number of hydrogen-bond donors (Lipinski definition) is 0. The van der Waals surface area contributed by atoms with Crippen molar-refractivity contribution in [3.63, 3.8) is 0 Å². The van der Waals surface area contributed by atoms with Gasteiger partial charge < -0.3 is 4.74 Å². The van der Waals surface area contributed by atoms with Gasteiger partial charge in [-0.2, -0.15) is 0 Å². The molecular weight excluding hydrogens is 272 g/mol. The first-order valence-corrected chi connectivity index (χ1v) is 7.78. The van der Waals surface area contributed by atoms with Crippen molar-refractivity contribution in [2.75, 3.05) is 6.61 Å². The van der Waals surface area contributed by atoms with Crippen molar-refractivity contribution in [1.29, 1.82) is 0 Å². The third kappa shape index (κ3) is 1.14. The number of ether oxygens (including phenoxy) is 1. The van der Waals surface area contributed by atoms with Gasteiger partial charge in [-0.25, -0.2) is 0 Å². The predicted octanol–water partition coefficient (Wildman–Crippen LogP) is 3.45. The van der Waals surface area contributed by atoms with Crippen molar-refractivity contribution in [3.05, 3.63) is 83.9 Å².